The predicted molar refractivity (Wildman–Crippen MR) is 386 cm³/mol. The van der Waals surface area contributed by atoms with Crippen molar-refractivity contribution < 1.29 is 80.2 Å². The fraction of sp³-hybridized carbons (Fsp3) is 0.947. The minimum absolute atomic E-state index is 0.105. The van der Waals surface area contributed by atoms with E-state index in [0.717, 1.165) is 114 Å². The Morgan fingerprint density at radius 2 is 0.442 bits per heavy atom. The average Bonchev–Trinajstić information content (AvgIpc) is 1.48. The van der Waals surface area contributed by atoms with E-state index in [1.165, 1.54) is 186 Å². The number of phosphoric ester groups is 2. The molecule has 0 heterocycles. The Balaban J connectivity index is 5.27. The predicted octanol–water partition coefficient (Wildman–Crippen LogP) is 22.0. The van der Waals surface area contributed by atoms with Crippen LogP contribution in [0.2, 0.25) is 0 Å². The lowest BCUT2D eigenvalue weighted by Gasteiger charge is -2.21. The van der Waals surface area contributed by atoms with Crippen LogP contribution >= 0.6 is 15.6 Å². The van der Waals surface area contributed by atoms with Crippen LogP contribution in [0.5, 0.6) is 0 Å². The van der Waals surface area contributed by atoms with E-state index in [0.29, 0.717) is 25.7 Å². The molecule has 0 aliphatic heterocycles. The third-order valence-electron chi connectivity index (χ3n) is 17.6. The topological polar surface area (TPSA) is 237 Å². The fourth-order valence-corrected chi connectivity index (χ4v) is 13.1. The van der Waals surface area contributed by atoms with Gasteiger partial charge < -0.3 is 33.8 Å². The monoisotopic (exact) mass is 1400 g/mol. The van der Waals surface area contributed by atoms with Crippen molar-refractivity contribution in [2.45, 2.75) is 401 Å². The van der Waals surface area contributed by atoms with Crippen LogP contribution in [0.15, 0.2) is 0 Å². The first-order chi connectivity index (χ1) is 45.6. The molecule has 95 heavy (non-hydrogen) atoms. The van der Waals surface area contributed by atoms with Crippen LogP contribution in [-0.4, -0.2) is 96.7 Å². The molecule has 0 radical (unpaired) electrons. The zero-order chi connectivity index (χ0) is 70.3. The smallest absolute Gasteiger partial charge is 0.462 e. The quantitative estimate of drug-likeness (QED) is 0.0222. The van der Waals surface area contributed by atoms with Gasteiger partial charge in [0, 0.05) is 25.7 Å². The highest BCUT2D eigenvalue weighted by atomic mass is 31.2. The third kappa shape index (κ3) is 70.3. The summed E-state index contributed by atoms with van der Waals surface area (Å²) < 4.78 is 68.6. The van der Waals surface area contributed by atoms with Crippen molar-refractivity contribution in [3.8, 4) is 0 Å². The highest BCUT2D eigenvalue weighted by Gasteiger charge is 2.30. The zero-order valence-electron chi connectivity index (χ0n) is 62.3. The average molecular weight is 1400 g/mol. The molecule has 0 spiro atoms. The second-order valence-corrected chi connectivity index (χ2v) is 32.2. The standard InChI is InChI=1S/C76H148O17P2/c1-66(2)52-44-36-28-20-12-10-9-11-13-26-34-42-50-58-75(80)92-71(62-86-73(78)56-48-40-32-24-17-14-21-29-37-45-53-67(3)4)64-90-94(82,83)88-60-70(77)61-89-95(84,85)91-65-72(93-76(81)59-51-43-35-27-19-16-23-31-39-47-55-69(7)8)63-87-74(79)57-49-41-33-25-18-15-22-30-38-46-54-68(5)6/h66-72,77H,9-65H2,1-8H3,(H,82,83)(H,84,85)/t70-,71-,72-/m1/s1. The normalized spacial score (nSPS) is 14.1. The van der Waals surface area contributed by atoms with Crippen molar-refractivity contribution in [2.75, 3.05) is 39.6 Å². The lowest BCUT2D eigenvalue weighted by atomic mass is 10.0. The number of carbonyl (C=O) groups excluding carboxylic acids is 4. The number of aliphatic hydroxyl groups excluding tert-OH is 1. The van der Waals surface area contributed by atoms with Gasteiger partial charge in [0.1, 0.15) is 19.3 Å². The molecule has 564 valence electrons. The van der Waals surface area contributed by atoms with Gasteiger partial charge in [-0.15, -0.1) is 0 Å². The van der Waals surface area contributed by atoms with Gasteiger partial charge in [-0.25, -0.2) is 9.13 Å². The van der Waals surface area contributed by atoms with E-state index in [-0.39, 0.29) is 25.7 Å². The second kappa shape index (κ2) is 65.4. The Labute approximate surface area is 581 Å². The van der Waals surface area contributed by atoms with Crippen LogP contribution in [0.3, 0.4) is 0 Å². The Hall–Kier alpha value is -1.94. The van der Waals surface area contributed by atoms with Crippen molar-refractivity contribution in [1.82, 2.24) is 0 Å². The summed E-state index contributed by atoms with van der Waals surface area (Å²) >= 11 is 0. The molecule has 0 aromatic carbocycles. The maximum Gasteiger partial charge on any atom is 0.472 e. The molecular weight excluding hydrogens is 1250 g/mol. The van der Waals surface area contributed by atoms with E-state index in [1.807, 2.05) is 0 Å². The highest BCUT2D eigenvalue weighted by Crippen LogP contribution is 2.45. The molecule has 17 nitrogen and oxygen atoms in total. The van der Waals surface area contributed by atoms with Crippen LogP contribution < -0.4 is 0 Å². The lowest BCUT2D eigenvalue weighted by molar-refractivity contribution is -0.161. The molecule has 0 fully saturated rings. The van der Waals surface area contributed by atoms with E-state index in [4.69, 9.17) is 37.0 Å². The van der Waals surface area contributed by atoms with Gasteiger partial charge in [-0.3, -0.25) is 37.3 Å². The first kappa shape index (κ1) is 93.1. The van der Waals surface area contributed by atoms with Gasteiger partial charge in [0.05, 0.1) is 26.4 Å². The number of ether oxygens (including phenoxy) is 4. The molecule has 2 unspecified atom stereocenters. The molecule has 0 bridgehead atoms. The van der Waals surface area contributed by atoms with Crippen LogP contribution in [0.1, 0.15) is 383 Å². The molecule has 0 saturated carbocycles. The maximum absolute atomic E-state index is 13.1. The minimum Gasteiger partial charge on any atom is -0.462 e. The zero-order valence-corrected chi connectivity index (χ0v) is 64.1. The van der Waals surface area contributed by atoms with E-state index in [1.54, 1.807) is 0 Å². The molecule has 0 amide bonds. The summed E-state index contributed by atoms with van der Waals surface area (Å²) in [6.45, 7) is 14.2. The molecule has 0 aromatic rings. The molecular formula is C76H148O17P2. The molecule has 0 rings (SSSR count). The van der Waals surface area contributed by atoms with Gasteiger partial charge in [-0.2, -0.15) is 0 Å². The van der Waals surface area contributed by atoms with Crippen LogP contribution in [-0.2, 0) is 65.4 Å². The Bertz CT molecular complexity index is 1870. The highest BCUT2D eigenvalue weighted by molar-refractivity contribution is 7.47. The molecule has 0 saturated heterocycles. The number of aliphatic hydroxyl groups is 1. The number of phosphoric acid groups is 2. The number of carbonyl (C=O) groups is 4. The Morgan fingerprint density at radius 1 is 0.263 bits per heavy atom. The molecule has 0 aliphatic carbocycles. The molecule has 19 heteroatoms. The first-order valence-electron chi connectivity index (χ1n) is 39.2. The van der Waals surface area contributed by atoms with Crippen molar-refractivity contribution in [1.29, 1.82) is 0 Å². The number of unbranched alkanes of at least 4 members (excludes halogenated alkanes) is 39. The van der Waals surface area contributed by atoms with Crippen molar-refractivity contribution in [3.63, 3.8) is 0 Å². The summed E-state index contributed by atoms with van der Waals surface area (Å²) in [5.41, 5.74) is 0. The van der Waals surface area contributed by atoms with E-state index >= 15 is 0 Å². The minimum atomic E-state index is -4.96. The van der Waals surface area contributed by atoms with E-state index in [2.05, 4.69) is 55.4 Å². The first-order valence-corrected chi connectivity index (χ1v) is 42.2. The van der Waals surface area contributed by atoms with Gasteiger partial charge >= 0.3 is 39.5 Å². The lowest BCUT2D eigenvalue weighted by Crippen LogP contribution is -2.30. The molecule has 5 atom stereocenters. The fourth-order valence-electron chi connectivity index (χ4n) is 11.6. The summed E-state index contributed by atoms with van der Waals surface area (Å²) in [6.07, 6.45) is 49.9. The summed E-state index contributed by atoms with van der Waals surface area (Å²) in [5.74, 6) is 0.936. The Kier molecular flexibility index (Phi) is 64.0. The van der Waals surface area contributed by atoms with Gasteiger partial charge in [0.15, 0.2) is 12.2 Å². The van der Waals surface area contributed by atoms with Crippen molar-refractivity contribution in [3.05, 3.63) is 0 Å². The summed E-state index contributed by atoms with van der Waals surface area (Å²) in [5, 5.41) is 10.6. The molecule has 3 N–H and O–H groups in total. The van der Waals surface area contributed by atoms with Gasteiger partial charge in [0.25, 0.3) is 0 Å². The van der Waals surface area contributed by atoms with Crippen LogP contribution in [0, 0.1) is 23.7 Å². The summed E-state index contributed by atoms with van der Waals surface area (Å²) in [6, 6.07) is 0. The number of hydrogen-bond acceptors (Lipinski definition) is 15. The SMILES string of the molecule is CC(C)CCCCCCCCCCCCCCCC(=O)O[C@H](COC(=O)CCCCCCCCCCCCC(C)C)COP(=O)(O)OC[C@@H](O)COP(=O)(O)OC[C@@H](COC(=O)CCCCCCCCCCCCC(C)C)OC(=O)CCCCCCCCCCCCC(C)C. The van der Waals surface area contributed by atoms with E-state index < -0.39 is 97.5 Å². The van der Waals surface area contributed by atoms with Crippen LogP contribution in [0.25, 0.3) is 0 Å². The third-order valence-corrected chi connectivity index (χ3v) is 19.5. The summed E-state index contributed by atoms with van der Waals surface area (Å²) in [7, 11) is -9.91. The maximum atomic E-state index is 13.1. The van der Waals surface area contributed by atoms with Gasteiger partial charge in [0.2, 0.25) is 0 Å². The van der Waals surface area contributed by atoms with Gasteiger partial charge in [-0.1, -0.05) is 331 Å². The number of rotatable bonds is 73. The second-order valence-electron chi connectivity index (χ2n) is 29.3. The van der Waals surface area contributed by atoms with E-state index in [9.17, 15) is 43.2 Å². The van der Waals surface area contributed by atoms with Crippen LogP contribution in [0.4, 0.5) is 0 Å². The molecule has 0 aromatic heterocycles. The Morgan fingerprint density at radius 3 is 0.653 bits per heavy atom. The molecule has 0 aliphatic rings. The summed E-state index contributed by atoms with van der Waals surface area (Å²) in [4.78, 5) is 72.9. The number of hydrogen-bond donors (Lipinski definition) is 3. The van der Waals surface area contributed by atoms with Gasteiger partial charge in [-0.05, 0) is 49.4 Å². The largest absolute Gasteiger partial charge is 0.472 e. The van der Waals surface area contributed by atoms with Crippen molar-refractivity contribution in [2.24, 2.45) is 23.7 Å². The number of esters is 4. The van der Waals surface area contributed by atoms with Crippen molar-refractivity contribution >= 4 is 39.5 Å².